The van der Waals surface area contributed by atoms with Crippen LogP contribution in [0.25, 0.3) is 27.9 Å². The second-order valence-electron chi connectivity index (χ2n) is 7.25. The highest BCUT2D eigenvalue weighted by molar-refractivity contribution is 7.98. The summed E-state index contributed by atoms with van der Waals surface area (Å²) in [5.41, 5.74) is -0.218. The fraction of sp³-hybridized carbons (Fsp3) is 0.350. The number of halogens is 3. The number of ether oxygens (including phenoxy) is 1. The van der Waals surface area contributed by atoms with Crippen molar-refractivity contribution in [3.05, 3.63) is 35.7 Å². The molecule has 32 heavy (non-hydrogen) atoms. The molecule has 164 valence electrons. The number of thioether (sulfide) groups is 1. The number of aromatic nitrogens is 6. The SMILES string of the molecule is CSc1ncc(C(F)(F)F)c(-c2nn(C3CCCCO3)c3nn4c(C#N)cccc4c23)n1. The minimum absolute atomic E-state index is 0.0317. The molecule has 0 N–H and O–H groups in total. The average molecular weight is 459 g/mol. The highest BCUT2D eigenvalue weighted by Gasteiger charge is 2.38. The first kappa shape index (κ1) is 20.7. The molecule has 0 radical (unpaired) electrons. The normalized spacial score (nSPS) is 17.2. The standard InChI is InChI=1S/C20H16F3N7OS/c1-32-19-25-10-12(20(21,22)23)16(26-19)17-15-13-6-4-5-11(9-24)29(13)28-18(15)30(27-17)14-7-2-3-8-31-14/h4-6,10,14H,2-3,7-8H2,1H3. The van der Waals surface area contributed by atoms with Gasteiger partial charge in [0.05, 0.1) is 10.9 Å². The van der Waals surface area contributed by atoms with Crippen molar-refractivity contribution in [2.45, 2.75) is 36.8 Å². The number of nitriles is 1. The summed E-state index contributed by atoms with van der Waals surface area (Å²) in [5, 5.41) is 19.1. The molecular weight excluding hydrogens is 443 g/mol. The number of alkyl halides is 3. The molecule has 1 fully saturated rings. The first-order valence-electron chi connectivity index (χ1n) is 9.82. The molecule has 1 unspecified atom stereocenters. The fourth-order valence-corrected chi connectivity index (χ4v) is 4.21. The molecule has 1 aliphatic rings. The van der Waals surface area contributed by atoms with Gasteiger partial charge in [-0.25, -0.2) is 19.2 Å². The van der Waals surface area contributed by atoms with Gasteiger partial charge >= 0.3 is 6.18 Å². The highest BCUT2D eigenvalue weighted by Crippen LogP contribution is 2.40. The van der Waals surface area contributed by atoms with E-state index in [0.717, 1.165) is 30.8 Å². The Morgan fingerprint density at radius 2 is 2.06 bits per heavy atom. The van der Waals surface area contributed by atoms with Crippen molar-refractivity contribution in [3.63, 3.8) is 0 Å². The molecule has 0 aliphatic carbocycles. The minimum atomic E-state index is -4.68. The summed E-state index contributed by atoms with van der Waals surface area (Å²) in [6, 6.07) is 7.00. The summed E-state index contributed by atoms with van der Waals surface area (Å²) in [6.45, 7) is 0.524. The van der Waals surface area contributed by atoms with Crippen LogP contribution in [0.3, 0.4) is 0 Å². The lowest BCUT2D eigenvalue weighted by Crippen LogP contribution is -2.19. The zero-order valence-corrected chi connectivity index (χ0v) is 17.6. The van der Waals surface area contributed by atoms with E-state index in [1.54, 1.807) is 24.5 Å². The average Bonchev–Trinajstić information content (AvgIpc) is 3.36. The summed E-state index contributed by atoms with van der Waals surface area (Å²) in [5.74, 6) is 0. The highest BCUT2D eigenvalue weighted by atomic mass is 32.2. The van der Waals surface area contributed by atoms with Crippen molar-refractivity contribution in [2.75, 3.05) is 12.9 Å². The molecule has 8 nitrogen and oxygen atoms in total. The van der Waals surface area contributed by atoms with Gasteiger partial charge in [-0.15, -0.1) is 5.10 Å². The van der Waals surface area contributed by atoms with Crippen LogP contribution in [-0.4, -0.2) is 42.2 Å². The van der Waals surface area contributed by atoms with E-state index in [9.17, 15) is 18.4 Å². The molecule has 1 aliphatic heterocycles. The molecule has 5 heterocycles. The minimum Gasteiger partial charge on any atom is -0.356 e. The Hall–Kier alpha value is -3.17. The van der Waals surface area contributed by atoms with Crippen molar-refractivity contribution in [3.8, 4) is 17.5 Å². The Morgan fingerprint density at radius 3 is 2.75 bits per heavy atom. The van der Waals surface area contributed by atoms with Gasteiger partial charge in [-0.05, 0) is 37.7 Å². The number of rotatable bonds is 3. The molecule has 0 saturated carbocycles. The zero-order valence-electron chi connectivity index (χ0n) is 16.8. The Morgan fingerprint density at radius 1 is 1.22 bits per heavy atom. The molecule has 1 atom stereocenters. The van der Waals surface area contributed by atoms with Crippen molar-refractivity contribution >= 4 is 28.3 Å². The van der Waals surface area contributed by atoms with Crippen molar-refractivity contribution < 1.29 is 17.9 Å². The number of hydrogen-bond acceptors (Lipinski definition) is 7. The second kappa shape index (κ2) is 7.75. The van der Waals surface area contributed by atoms with E-state index in [1.165, 1.54) is 9.20 Å². The van der Waals surface area contributed by atoms with Gasteiger partial charge < -0.3 is 4.74 Å². The number of hydrogen-bond donors (Lipinski definition) is 0. The Balaban J connectivity index is 1.87. The van der Waals surface area contributed by atoms with E-state index in [1.807, 2.05) is 0 Å². The van der Waals surface area contributed by atoms with Crippen LogP contribution in [0.2, 0.25) is 0 Å². The first-order chi connectivity index (χ1) is 15.4. The van der Waals surface area contributed by atoms with Crippen molar-refractivity contribution in [1.82, 2.24) is 29.4 Å². The first-order valence-corrected chi connectivity index (χ1v) is 11.0. The molecule has 5 rings (SSSR count). The van der Waals surface area contributed by atoms with Crippen molar-refractivity contribution in [2.24, 2.45) is 0 Å². The van der Waals surface area contributed by atoms with Gasteiger partial charge in [0.1, 0.15) is 28.7 Å². The molecule has 1 saturated heterocycles. The summed E-state index contributed by atoms with van der Waals surface area (Å²) in [6.07, 6.45) is -0.222. The third-order valence-electron chi connectivity index (χ3n) is 5.32. The smallest absolute Gasteiger partial charge is 0.356 e. The molecule has 4 aromatic rings. The fourth-order valence-electron chi connectivity index (χ4n) is 3.87. The molecule has 0 spiro atoms. The van der Waals surface area contributed by atoms with Crippen LogP contribution in [0.4, 0.5) is 13.2 Å². The summed E-state index contributed by atoms with van der Waals surface area (Å²) < 4.78 is 50.4. The monoisotopic (exact) mass is 459 g/mol. The summed E-state index contributed by atoms with van der Waals surface area (Å²) in [7, 11) is 0. The topological polar surface area (TPSA) is 93.9 Å². The van der Waals surface area contributed by atoms with Crippen LogP contribution >= 0.6 is 11.8 Å². The Labute approximate surface area is 184 Å². The van der Waals surface area contributed by atoms with Gasteiger partial charge in [-0.1, -0.05) is 17.8 Å². The number of pyridine rings is 1. The molecule has 0 amide bonds. The number of fused-ring (bicyclic) bond motifs is 3. The van der Waals surface area contributed by atoms with Crippen LogP contribution < -0.4 is 0 Å². The Kier molecular flexibility index (Phi) is 5.02. The Bertz CT molecular complexity index is 1370. The van der Waals surface area contributed by atoms with E-state index in [4.69, 9.17) is 4.74 Å². The predicted octanol–water partition coefficient (Wildman–Crippen LogP) is 4.45. The lowest BCUT2D eigenvalue weighted by Gasteiger charge is -2.22. The zero-order chi connectivity index (χ0) is 22.5. The molecule has 0 bridgehead atoms. The van der Waals surface area contributed by atoms with Gasteiger partial charge in [0.2, 0.25) is 0 Å². The maximum Gasteiger partial charge on any atom is 0.420 e. The van der Waals surface area contributed by atoms with Crippen LogP contribution in [0.1, 0.15) is 36.7 Å². The summed E-state index contributed by atoms with van der Waals surface area (Å²) >= 11 is 1.14. The second-order valence-corrected chi connectivity index (χ2v) is 8.02. The lowest BCUT2D eigenvalue weighted by molar-refractivity contribution is -0.137. The van der Waals surface area contributed by atoms with E-state index >= 15 is 0 Å². The summed E-state index contributed by atoms with van der Waals surface area (Å²) in [4.78, 5) is 7.99. The van der Waals surface area contributed by atoms with Crippen LogP contribution in [0.5, 0.6) is 0 Å². The maximum atomic E-state index is 13.9. The van der Waals surface area contributed by atoms with E-state index in [-0.39, 0.29) is 22.2 Å². The van der Waals surface area contributed by atoms with Gasteiger partial charge in [-0.2, -0.15) is 23.5 Å². The van der Waals surface area contributed by atoms with Gasteiger partial charge in [-0.3, -0.25) is 0 Å². The lowest BCUT2D eigenvalue weighted by atomic mass is 10.1. The molecule has 4 aromatic heterocycles. The quantitative estimate of drug-likeness (QED) is 0.330. The molecule has 12 heteroatoms. The van der Waals surface area contributed by atoms with Gasteiger partial charge in [0, 0.05) is 12.8 Å². The van der Waals surface area contributed by atoms with E-state index < -0.39 is 18.0 Å². The predicted molar refractivity (Wildman–Crippen MR) is 110 cm³/mol. The molecule has 0 aromatic carbocycles. The third-order valence-corrected chi connectivity index (χ3v) is 5.88. The van der Waals surface area contributed by atoms with Gasteiger partial charge in [0.15, 0.2) is 17.0 Å². The largest absolute Gasteiger partial charge is 0.420 e. The van der Waals surface area contributed by atoms with Crippen LogP contribution in [0.15, 0.2) is 29.6 Å². The van der Waals surface area contributed by atoms with Crippen LogP contribution in [0, 0.1) is 11.3 Å². The van der Waals surface area contributed by atoms with Crippen molar-refractivity contribution in [1.29, 1.82) is 5.26 Å². The maximum absolute atomic E-state index is 13.9. The molecular formula is C20H16F3N7OS. The van der Waals surface area contributed by atoms with E-state index in [0.29, 0.717) is 29.6 Å². The third kappa shape index (κ3) is 3.28. The van der Waals surface area contributed by atoms with Crippen LogP contribution in [-0.2, 0) is 10.9 Å². The number of nitrogens with zero attached hydrogens (tertiary/aromatic N) is 7. The van der Waals surface area contributed by atoms with E-state index in [2.05, 4.69) is 26.2 Å². The van der Waals surface area contributed by atoms with Gasteiger partial charge in [0.25, 0.3) is 0 Å².